The third kappa shape index (κ3) is 3.85. The second-order valence-electron chi connectivity index (χ2n) is 6.71. The second-order valence-corrected chi connectivity index (χ2v) is 7.37. The number of allylic oxidation sites excluding steroid dienone is 2. The van der Waals surface area contributed by atoms with Crippen molar-refractivity contribution >= 4 is 31.5 Å². The van der Waals surface area contributed by atoms with Crippen LogP contribution in [0.3, 0.4) is 0 Å². The molecule has 1 heterocycles. The zero-order valence-corrected chi connectivity index (χ0v) is 16.5. The fraction of sp³-hybridized carbons (Fsp3) is 0.182. The van der Waals surface area contributed by atoms with Crippen molar-refractivity contribution < 1.29 is 14.6 Å². The minimum absolute atomic E-state index is 0.214. The second kappa shape index (κ2) is 7.99. The fourth-order valence-electron chi connectivity index (χ4n) is 3.41. The molecule has 0 aliphatic heterocycles. The first kappa shape index (κ1) is 18.5. The summed E-state index contributed by atoms with van der Waals surface area (Å²) in [4.78, 5) is 16.2. The van der Waals surface area contributed by atoms with Gasteiger partial charge in [0.05, 0.1) is 16.6 Å². The van der Waals surface area contributed by atoms with Crippen molar-refractivity contribution in [1.29, 1.82) is 0 Å². The normalized spacial score (nSPS) is 13.9. The molecule has 0 bridgehead atoms. The fourth-order valence-corrected chi connectivity index (χ4v) is 3.74. The average Bonchev–Trinajstić information content (AvgIpc) is 3.04. The van der Waals surface area contributed by atoms with Gasteiger partial charge in [0.1, 0.15) is 18.2 Å². The van der Waals surface area contributed by atoms with E-state index < -0.39 is 5.97 Å². The number of imidazole rings is 1. The number of hydrogen-bond donors (Lipinski definition) is 1. The number of benzene rings is 2. The van der Waals surface area contributed by atoms with Gasteiger partial charge in [0.25, 0.3) is 0 Å². The molecule has 0 saturated heterocycles. The highest BCUT2D eigenvalue weighted by Gasteiger charge is 2.19. The molecule has 0 amide bonds. The predicted octanol–water partition coefficient (Wildman–Crippen LogP) is 3.79. The largest absolute Gasteiger partial charge is 0.485 e. The van der Waals surface area contributed by atoms with Crippen LogP contribution >= 0.6 is 9.24 Å². The lowest BCUT2D eigenvalue weighted by Crippen LogP contribution is -2.12. The minimum atomic E-state index is -0.961. The van der Waals surface area contributed by atoms with Crippen molar-refractivity contribution in [1.82, 2.24) is 9.55 Å². The Morgan fingerprint density at radius 2 is 1.96 bits per heavy atom. The van der Waals surface area contributed by atoms with Gasteiger partial charge in [-0.2, -0.15) is 0 Å². The Balaban J connectivity index is 1.64. The number of aromatic nitrogens is 2. The number of fused-ring (bicyclic) bond motifs is 1. The number of hydrogen-bond acceptors (Lipinski definition) is 3. The summed E-state index contributed by atoms with van der Waals surface area (Å²) in [6.45, 7) is 0.883. The Morgan fingerprint density at radius 1 is 1.14 bits per heavy atom. The molecule has 4 rings (SSSR count). The van der Waals surface area contributed by atoms with Gasteiger partial charge >= 0.3 is 5.97 Å². The molecule has 2 aromatic carbocycles. The molecule has 0 saturated carbocycles. The van der Waals surface area contributed by atoms with Gasteiger partial charge in [-0.05, 0) is 41.9 Å². The first-order valence-corrected chi connectivity index (χ1v) is 9.75. The van der Waals surface area contributed by atoms with Crippen LogP contribution in [0, 0.1) is 0 Å². The van der Waals surface area contributed by atoms with E-state index in [-0.39, 0.29) is 12.2 Å². The van der Waals surface area contributed by atoms with Crippen LogP contribution in [0.5, 0.6) is 0 Å². The van der Waals surface area contributed by atoms with Gasteiger partial charge in [-0.3, -0.25) is 0 Å². The van der Waals surface area contributed by atoms with E-state index in [4.69, 9.17) is 9.72 Å². The van der Waals surface area contributed by atoms with Gasteiger partial charge in [-0.1, -0.05) is 42.5 Å². The molecule has 0 spiro atoms. The molecule has 1 atom stereocenters. The van der Waals surface area contributed by atoms with E-state index in [1.807, 2.05) is 42.5 Å². The monoisotopic (exact) mass is 392 g/mol. The molecule has 28 heavy (non-hydrogen) atoms. The Hall–Kier alpha value is -2.91. The smallest absolute Gasteiger partial charge is 0.339 e. The van der Waals surface area contributed by atoms with Gasteiger partial charge in [0.15, 0.2) is 0 Å². The number of para-hydroxylation sites is 2. The third-order valence-corrected chi connectivity index (χ3v) is 5.08. The highest BCUT2D eigenvalue weighted by molar-refractivity contribution is 7.27. The molecule has 1 N–H and O–H groups in total. The SMILES string of the molecule is O=C(O)C1=CCCC=C1OCc1nc2ccccc2n1Cc1cccc(P)c1. The van der Waals surface area contributed by atoms with E-state index in [1.54, 1.807) is 6.08 Å². The van der Waals surface area contributed by atoms with E-state index >= 15 is 0 Å². The quantitative estimate of drug-likeness (QED) is 0.649. The molecular formula is C22H21N2O3P. The maximum Gasteiger partial charge on any atom is 0.339 e. The molecule has 3 aromatic rings. The predicted molar refractivity (Wildman–Crippen MR) is 112 cm³/mol. The van der Waals surface area contributed by atoms with Crippen LogP contribution in [0.15, 0.2) is 72.0 Å². The van der Waals surface area contributed by atoms with Gasteiger partial charge in [-0.25, -0.2) is 9.78 Å². The first-order chi connectivity index (χ1) is 13.6. The summed E-state index contributed by atoms with van der Waals surface area (Å²) < 4.78 is 8.03. The Bertz CT molecular complexity index is 1100. The van der Waals surface area contributed by atoms with E-state index in [0.717, 1.165) is 35.0 Å². The van der Waals surface area contributed by atoms with E-state index in [2.05, 4.69) is 25.9 Å². The van der Waals surface area contributed by atoms with Crippen LogP contribution in [-0.2, 0) is 22.7 Å². The van der Waals surface area contributed by atoms with Gasteiger partial charge in [-0.15, -0.1) is 9.24 Å². The maximum absolute atomic E-state index is 11.4. The number of rotatable bonds is 6. The number of aliphatic carboxylic acids is 1. The summed E-state index contributed by atoms with van der Waals surface area (Å²) in [7, 11) is 2.72. The highest BCUT2D eigenvalue weighted by Crippen LogP contribution is 2.23. The van der Waals surface area contributed by atoms with Crippen LogP contribution in [0.2, 0.25) is 0 Å². The maximum atomic E-state index is 11.4. The highest BCUT2D eigenvalue weighted by atomic mass is 31.0. The summed E-state index contributed by atoms with van der Waals surface area (Å²) in [5.74, 6) is 0.229. The molecule has 0 radical (unpaired) electrons. The van der Waals surface area contributed by atoms with Crippen LogP contribution < -0.4 is 5.30 Å². The lowest BCUT2D eigenvalue weighted by atomic mass is 10.1. The molecule has 5 nitrogen and oxygen atoms in total. The van der Waals surface area contributed by atoms with Gasteiger partial charge in [0, 0.05) is 6.54 Å². The van der Waals surface area contributed by atoms with Gasteiger partial charge < -0.3 is 14.4 Å². The number of carboxylic acids is 1. The summed E-state index contributed by atoms with van der Waals surface area (Å²) in [6.07, 6.45) is 5.06. The van der Waals surface area contributed by atoms with Crippen LogP contribution in [0.4, 0.5) is 0 Å². The van der Waals surface area contributed by atoms with Crippen molar-refractivity contribution in [3.05, 3.63) is 83.4 Å². The molecule has 0 fully saturated rings. The number of ether oxygens (including phenoxy) is 1. The Morgan fingerprint density at radius 3 is 2.79 bits per heavy atom. The van der Waals surface area contributed by atoms with Crippen molar-refractivity contribution in [3.8, 4) is 0 Å². The zero-order valence-electron chi connectivity index (χ0n) is 15.3. The van der Waals surface area contributed by atoms with E-state index in [9.17, 15) is 9.90 Å². The number of carboxylic acid groups (broad SMARTS) is 1. The first-order valence-electron chi connectivity index (χ1n) is 9.17. The lowest BCUT2D eigenvalue weighted by Gasteiger charge is -2.15. The Kier molecular flexibility index (Phi) is 5.27. The lowest BCUT2D eigenvalue weighted by molar-refractivity contribution is -0.132. The summed E-state index contributed by atoms with van der Waals surface area (Å²) in [5, 5.41) is 10.5. The van der Waals surface area contributed by atoms with Crippen LogP contribution in [-0.4, -0.2) is 20.6 Å². The standard InChI is InChI=1S/C22H21N2O3P/c25-22(26)17-8-1-4-11-20(17)27-14-21-23-18-9-2-3-10-19(18)24(21)13-15-6-5-7-16(28)12-15/h2-3,5-12H,1,4,13-14,28H2,(H,25,26). The molecule has 142 valence electrons. The Labute approximate surface area is 165 Å². The summed E-state index contributed by atoms with van der Waals surface area (Å²) in [6, 6.07) is 16.3. The summed E-state index contributed by atoms with van der Waals surface area (Å²) in [5.41, 5.74) is 3.32. The average molecular weight is 392 g/mol. The van der Waals surface area contributed by atoms with Gasteiger partial charge in [0.2, 0.25) is 0 Å². The minimum Gasteiger partial charge on any atom is -0.485 e. The van der Waals surface area contributed by atoms with Crippen LogP contribution in [0.25, 0.3) is 11.0 Å². The van der Waals surface area contributed by atoms with Crippen LogP contribution in [0.1, 0.15) is 24.2 Å². The summed E-state index contributed by atoms with van der Waals surface area (Å²) >= 11 is 0. The zero-order chi connectivity index (χ0) is 19.5. The molecule has 1 aromatic heterocycles. The molecule has 1 aliphatic rings. The van der Waals surface area contributed by atoms with E-state index in [1.165, 1.54) is 5.56 Å². The molecule has 1 unspecified atom stereocenters. The topological polar surface area (TPSA) is 64.3 Å². The number of carbonyl (C=O) groups is 1. The van der Waals surface area contributed by atoms with Crippen molar-refractivity contribution in [3.63, 3.8) is 0 Å². The molecule has 6 heteroatoms. The van der Waals surface area contributed by atoms with Crippen molar-refractivity contribution in [2.45, 2.75) is 26.0 Å². The third-order valence-electron chi connectivity index (χ3n) is 4.72. The molecular weight excluding hydrogens is 371 g/mol. The van der Waals surface area contributed by atoms with E-state index in [0.29, 0.717) is 12.3 Å². The van der Waals surface area contributed by atoms with Crippen molar-refractivity contribution in [2.75, 3.05) is 0 Å². The number of nitrogens with zero attached hydrogens (tertiary/aromatic N) is 2. The molecule has 1 aliphatic carbocycles. The van der Waals surface area contributed by atoms with Crippen molar-refractivity contribution in [2.24, 2.45) is 0 Å².